The molecule has 10 heavy (non-hydrogen) atoms. The Balaban J connectivity index is 4.27. The molecule has 0 saturated heterocycles. The quantitative estimate of drug-likeness (QED) is 0.470. The summed E-state index contributed by atoms with van der Waals surface area (Å²) in [5, 5.41) is 11.8. The molecule has 0 bridgehead atoms. The van der Waals surface area contributed by atoms with E-state index in [-0.39, 0.29) is 11.6 Å². The summed E-state index contributed by atoms with van der Waals surface area (Å²) in [6.07, 6.45) is 0. The highest BCUT2D eigenvalue weighted by atomic mass is 16.6. The molecule has 0 radical (unpaired) electrons. The van der Waals surface area contributed by atoms with E-state index in [1.807, 2.05) is 0 Å². The van der Waals surface area contributed by atoms with Crippen LogP contribution in [0.3, 0.4) is 0 Å². The number of rotatable bonds is 3. The molecule has 0 saturated carbocycles. The fraction of sp³-hybridized carbons (Fsp3) is 0.667. The lowest BCUT2D eigenvalue weighted by molar-refractivity contribution is -0.129. The third-order valence-electron chi connectivity index (χ3n) is 0.956. The van der Waals surface area contributed by atoms with E-state index in [1.54, 1.807) is 13.8 Å². The molecule has 0 aromatic rings. The number of hydrogen-bond acceptors (Lipinski definition) is 3. The second kappa shape index (κ2) is 3.87. The molecule has 0 aromatic carbocycles. The Bertz CT molecular complexity index is 151. The summed E-state index contributed by atoms with van der Waals surface area (Å²) in [5.74, 6) is -1.14. The van der Waals surface area contributed by atoms with Crippen LogP contribution in [0.5, 0.6) is 0 Å². The molecule has 0 atom stereocenters. The minimum absolute atomic E-state index is 0.0440. The van der Waals surface area contributed by atoms with Gasteiger partial charge in [0.25, 0.3) is 0 Å². The Kier molecular flexibility index (Phi) is 3.46. The summed E-state index contributed by atoms with van der Waals surface area (Å²) in [7, 11) is 1.32. The van der Waals surface area contributed by atoms with Gasteiger partial charge in [-0.05, 0) is 0 Å². The molecule has 0 rings (SSSR count). The maximum Gasteiger partial charge on any atom is 0.353 e. The van der Waals surface area contributed by atoms with Crippen LogP contribution < -0.4 is 0 Å². The Morgan fingerprint density at radius 2 is 2.10 bits per heavy atom. The third kappa shape index (κ3) is 2.48. The smallest absolute Gasteiger partial charge is 0.353 e. The predicted molar refractivity (Wildman–Crippen MR) is 36.9 cm³/mol. The Morgan fingerprint density at radius 3 is 2.20 bits per heavy atom. The van der Waals surface area contributed by atoms with Crippen LogP contribution in [-0.2, 0) is 9.63 Å². The number of nitrogens with zero attached hydrogens (tertiary/aromatic N) is 1. The fourth-order valence-electron chi connectivity index (χ4n) is 0.490. The lowest BCUT2D eigenvalue weighted by Gasteiger charge is -2.01. The van der Waals surface area contributed by atoms with Crippen molar-refractivity contribution in [3.05, 3.63) is 0 Å². The molecule has 0 aromatic heterocycles. The molecular weight excluding hydrogens is 134 g/mol. The van der Waals surface area contributed by atoms with Gasteiger partial charge in [-0.25, -0.2) is 4.79 Å². The van der Waals surface area contributed by atoms with Gasteiger partial charge in [-0.15, -0.1) is 0 Å². The summed E-state index contributed by atoms with van der Waals surface area (Å²) in [5.41, 5.74) is 0.0440. The van der Waals surface area contributed by atoms with Crippen molar-refractivity contribution in [1.82, 2.24) is 0 Å². The van der Waals surface area contributed by atoms with Gasteiger partial charge < -0.3 is 9.94 Å². The number of oxime groups is 1. The van der Waals surface area contributed by atoms with Crippen LogP contribution in [0.4, 0.5) is 0 Å². The van der Waals surface area contributed by atoms with Gasteiger partial charge in [0.1, 0.15) is 7.11 Å². The van der Waals surface area contributed by atoms with Crippen LogP contribution in [0.25, 0.3) is 0 Å². The molecule has 0 aliphatic heterocycles. The van der Waals surface area contributed by atoms with Crippen molar-refractivity contribution in [3.8, 4) is 0 Å². The molecule has 1 N–H and O–H groups in total. The first-order chi connectivity index (χ1) is 4.59. The average molecular weight is 145 g/mol. The Morgan fingerprint density at radius 1 is 1.60 bits per heavy atom. The maximum absolute atomic E-state index is 10.3. The number of carboxylic acids is 1. The second-order valence-electron chi connectivity index (χ2n) is 2.12. The summed E-state index contributed by atoms with van der Waals surface area (Å²) < 4.78 is 0. The number of carboxylic acid groups (broad SMARTS) is 1. The topological polar surface area (TPSA) is 58.9 Å². The number of carbonyl (C=O) groups is 1. The summed E-state index contributed by atoms with van der Waals surface area (Å²) in [4.78, 5) is 14.7. The van der Waals surface area contributed by atoms with Gasteiger partial charge in [-0.1, -0.05) is 19.0 Å². The van der Waals surface area contributed by atoms with Gasteiger partial charge in [0.2, 0.25) is 0 Å². The molecular formula is C6H11NO3. The molecule has 0 spiro atoms. The van der Waals surface area contributed by atoms with Crippen LogP contribution in [0, 0.1) is 5.92 Å². The van der Waals surface area contributed by atoms with Crippen LogP contribution in [0.15, 0.2) is 5.16 Å². The summed E-state index contributed by atoms with van der Waals surface area (Å²) >= 11 is 0. The highest BCUT2D eigenvalue weighted by molar-refractivity contribution is 6.36. The average Bonchev–Trinajstić information content (AvgIpc) is 1.81. The fourth-order valence-corrected chi connectivity index (χ4v) is 0.490. The minimum atomic E-state index is -1.03. The molecule has 0 aliphatic rings. The van der Waals surface area contributed by atoms with Crippen LogP contribution in [0.2, 0.25) is 0 Å². The van der Waals surface area contributed by atoms with Crippen molar-refractivity contribution in [2.75, 3.05) is 7.11 Å². The first-order valence-corrected chi connectivity index (χ1v) is 2.94. The van der Waals surface area contributed by atoms with E-state index < -0.39 is 5.97 Å². The number of aliphatic carboxylic acids is 1. The zero-order valence-corrected chi connectivity index (χ0v) is 6.29. The van der Waals surface area contributed by atoms with Crippen LogP contribution in [-0.4, -0.2) is 23.9 Å². The standard InChI is InChI=1S/C6H11NO3/c1-4(2)5(6(8)9)7-10-3/h4H,1-3H3,(H,8,9)/b7-5-. The van der Waals surface area contributed by atoms with Crippen molar-refractivity contribution in [1.29, 1.82) is 0 Å². The Hall–Kier alpha value is -1.06. The maximum atomic E-state index is 10.3. The molecule has 4 nitrogen and oxygen atoms in total. The molecule has 0 heterocycles. The van der Waals surface area contributed by atoms with Gasteiger partial charge in [0, 0.05) is 5.92 Å². The Labute approximate surface area is 59.5 Å². The highest BCUT2D eigenvalue weighted by Crippen LogP contribution is 1.97. The van der Waals surface area contributed by atoms with E-state index >= 15 is 0 Å². The van der Waals surface area contributed by atoms with Crippen molar-refractivity contribution < 1.29 is 14.7 Å². The first kappa shape index (κ1) is 8.94. The van der Waals surface area contributed by atoms with Crippen molar-refractivity contribution in [2.45, 2.75) is 13.8 Å². The SMILES string of the molecule is CO/N=C(\C(=O)O)C(C)C. The highest BCUT2D eigenvalue weighted by Gasteiger charge is 2.13. The number of hydrogen-bond donors (Lipinski definition) is 1. The minimum Gasteiger partial charge on any atom is -0.477 e. The van der Waals surface area contributed by atoms with Gasteiger partial charge in [-0.2, -0.15) is 0 Å². The normalized spacial score (nSPS) is 11.8. The monoisotopic (exact) mass is 145 g/mol. The van der Waals surface area contributed by atoms with E-state index in [9.17, 15) is 4.79 Å². The van der Waals surface area contributed by atoms with E-state index in [4.69, 9.17) is 5.11 Å². The molecule has 58 valence electrons. The zero-order valence-electron chi connectivity index (χ0n) is 6.29. The lowest BCUT2D eigenvalue weighted by atomic mass is 10.1. The lowest BCUT2D eigenvalue weighted by Crippen LogP contribution is -2.19. The predicted octanol–water partition coefficient (Wildman–Crippen LogP) is 0.729. The molecule has 0 fully saturated rings. The van der Waals surface area contributed by atoms with Gasteiger partial charge >= 0.3 is 5.97 Å². The van der Waals surface area contributed by atoms with Gasteiger partial charge in [0.05, 0.1) is 0 Å². The van der Waals surface area contributed by atoms with Crippen molar-refractivity contribution in [2.24, 2.45) is 11.1 Å². The van der Waals surface area contributed by atoms with E-state index in [1.165, 1.54) is 7.11 Å². The van der Waals surface area contributed by atoms with Gasteiger partial charge in [-0.3, -0.25) is 0 Å². The van der Waals surface area contributed by atoms with E-state index in [0.29, 0.717) is 0 Å². The molecule has 0 amide bonds. The van der Waals surface area contributed by atoms with Crippen LogP contribution >= 0.6 is 0 Å². The van der Waals surface area contributed by atoms with Gasteiger partial charge in [0.15, 0.2) is 5.71 Å². The molecule has 0 aliphatic carbocycles. The van der Waals surface area contributed by atoms with Crippen molar-refractivity contribution in [3.63, 3.8) is 0 Å². The van der Waals surface area contributed by atoms with Crippen molar-refractivity contribution >= 4 is 11.7 Å². The first-order valence-electron chi connectivity index (χ1n) is 2.94. The second-order valence-corrected chi connectivity index (χ2v) is 2.12. The van der Waals surface area contributed by atoms with E-state index in [2.05, 4.69) is 9.99 Å². The molecule has 4 heteroatoms. The van der Waals surface area contributed by atoms with Crippen LogP contribution in [0.1, 0.15) is 13.8 Å². The van der Waals surface area contributed by atoms with E-state index in [0.717, 1.165) is 0 Å². The summed E-state index contributed by atoms with van der Waals surface area (Å²) in [6, 6.07) is 0. The molecule has 0 unspecified atom stereocenters. The largest absolute Gasteiger partial charge is 0.477 e. The summed E-state index contributed by atoms with van der Waals surface area (Å²) in [6.45, 7) is 3.48. The third-order valence-corrected chi connectivity index (χ3v) is 0.956. The zero-order chi connectivity index (χ0) is 8.15.